The SMILES string of the molecule is Cc1ccc(-n2ncc3c(=O)n4c(nc32)SCC4CC(=O)NCc2ccncc2)cc1C. The number of benzene rings is 1. The zero-order valence-electron chi connectivity index (χ0n) is 17.8. The highest BCUT2D eigenvalue weighted by Crippen LogP contribution is 2.33. The molecule has 0 aliphatic carbocycles. The number of thioether (sulfide) groups is 1. The molecule has 0 saturated carbocycles. The number of hydrogen-bond acceptors (Lipinski definition) is 6. The molecule has 1 unspecified atom stereocenters. The van der Waals surface area contributed by atoms with Crippen molar-refractivity contribution in [1.82, 2.24) is 29.6 Å². The third-order valence-electron chi connectivity index (χ3n) is 5.77. The standard InChI is InChI=1S/C23H22N6O2S/c1-14-3-4-17(9-15(14)2)29-21-19(12-26-29)22(31)28-18(13-32-23(28)27-21)10-20(30)25-11-16-5-7-24-8-6-16/h3-9,12,18H,10-11,13H2,1-2H3,(H,25,30). The lowest BCUT2D eigenvalue weighted by atomic mass is 10.1. The van der Waals surface area contributed by atoms with Gasteiger partial charge in [0.1, 0.15) is 5.39 Å². The number of aromatic nitrogens is 5. The van der Waals surface area contributed by atoms with Crippen LogP contribution in [0.3, 0.4) is 0 Å². The number of carbonyl (C=O) groups excluding carboxylic acids is 1. The molecule has 1 atom stereocenters. The number of nitrogens with zero attached hydrogens (tertiary/aromatic N) is 5. The highest BCUT2D eigenvalue weighted by atomic mass is 32.2. The van der Waals surface area contributed by atoms with Crippen LogP contribution in [0.2, 0.25) is 0 Å². The third-order valence-corrected chi connectivity index (χ3v) is 6.86. The number of carbonyl (C=O) groups is 1. The minimum atomic E-state index is -0.234. The number of hydrogen-bond donors (Lipinski definition) is 1. The predicted molar refractivity (Wildman–Crippen MR) is 123 cm³/mol. The molecule has 1 amide bonds. The molecule has 9 heteroatoms. The first-order valence-corrected chi connectivity index (χ1v) is 11.4. The summed E-state index contributed by atoms with van der Waals surface area (Å²) in [7, 11) is 0. The van der Waals surface area contributed by atoms with Gasteiger partial charge in [0.05, 0.1) is 17.9 Å². The fourth-order valence-electron chi connectivity index (χ4n) is 3.81. The van der Waals surface area contributed by atoms with Gasteiger partial charge in [0, 0.05) is 31.1 Å². The molecule has 32 heavy (non-hydrogen) atoms. The fraction of sp³-hybridized carbons (Fsp3) is 0.261. The van der Waals surface area contributed by atoms with Crippen molar-refractivity contribution >= 4 is 28.7 Å². The molecule has 162 valence electrons. The third kappa shape index (κ3) is 3.69. The molecular formula is C23H22N6O2S. The summed E-state index contributed by atoms with van der Waals surface area (Å²) in [5, 5.41) is 8.43. The Hall–Kier alpha value is -3.46. The van der Waals surface area contributed by atoms with Gasteiger partial charge in [-0.05, 0) is 54.8 Å². The van der Waals surface area contributed by atoms with Gasteiger partial charge in [-0.3, -0.25) is 19.1 Å². The van der Waals surface area contributed by atoms with E-state index >= 15 is 0 Å². The van der Waals surface area contributed by atoms with Crippen molar-refractivity contribution in [3.8, 4) is 5.69 Å². The Labute approximate surface area is 188 Å². The minimum absolute atomic E-state index is 0.0990. The summed E-state index contributed by atoms with van der Waals surface area (Å²) in [5.41, 5.74) is 4.58. The van der Waals surface area contributed by atoms with Crippen LogP contribution in [-0.2, 0) is 11.3 Å². The molecule has 8 nitrogen and oxygen atoms in total. The van der Waals surface area contributed by atoms with E-state index in [4.69, 9.17) is 4.98 Å². The highest BCUT2D eigenvalue weighted by molar-refractivity contribution is 7.99. The summed E-state index contributed by atoms with van der Waals surface area (Å²) >= 11 is 1.50. The van der Waals surface area contributed by atoms with Crippen molar-refractivity contribution in [3.05, 3.63) is 76.0 Å². The molecule has 0 spiro atoms. The number of fused-ring (bicyclic) bond motifs is 2. The Morgan fingerprint density at radius 3 is 2.78 bits per heavy atom. The predicted octanol–water partition coefficient (Wildman–Crippen LogP) is 2.95. The number of pyridine rings is 1. The first-order valence-electron chi connectivity index (χ1n) is 10.4. The molecule has 5 rings (SSSR count). The van der Waals surface area contributed by atoms with Gasteiger partial charge in [-0.15, -0.1) is 0 Å². The zero-order chi connectivity index (χ0) is 22.2. The summed E-state index contributed by atoms with van der Waals surface area (Å²) in [6.45, 7) is 4.54. The summed E-state index contributed by atoms with van der Waals surface area (Å²) in [4.78, 5) is 34.5. The quantitative estimate of drug-likeness (QED) is 0.474. The second-order valence-corrected chi connectivity index (χ2v) is 8.92. The molecule has 4 heterocycles. The first kappa shape index (κ1) is 20.4. The highest BCUT2D eigenvalue weighted by Gasteiger charge is 2.29. The van der Waals surface area contributed by atoms with Gasteiger partial charge in [-0.2, -0.15) is 5.10 Å². The van der Waals surface area contributed by atoms with Crippen molar-refractivity contribution in [2.45, 2.75) is 38.0 Å². The Morgan fingerprint density at radius 1 is 1.19 bits per heavy atom. The molecular weight excluding hydrogens is 424 g/mol. The van der Waals surface area contributed by atoms with E-state index in [1.165, 1.54) is 17.3 Å². The van der Waals surface area contributed by atoms with E-state index in [9.17, 15) is 9.59 Å². The summed E-state index contributed by atoms with van der Waals surface area (Å²) in [5.74, 6) is 0.535. The lowest BCUT2D eigenvalue weighted by Crippen LogP contribution is -2.30. The molecule has 1 N–H and O–H groups in total. The van der Waals surface area contributed by atoms with Crippen molar-refractivity contribution in [2.75, 3.05) is 5.75 Å². The molecule has 0 fully saturated rings. The Bertz CT molecular complexity index is 1380. The first-order chi connectivity index (χ1) is 15.5. The van der Waals surface area contributed by atoms with E-state index in [2.05, 4.69) is 22.3 Å². The van der Waals surface area contributed by atoms with Gasteiger partial charge in [0.15, 0.2) is 10.8 Å². The number of nitrogens with one attached hydrogen (secondary N) is 1. The maximum atomic E-state index is 13.3. The molecule has 1 aliphatic rings. The molecule has 0 saturated heterocycles. The van der Waals surface area contributed by atoms with E-state index in [1.54, 1.807) is 27.8 Å². The summed E-state index contributed by atoms with van der Waals surface area (Å²) in [6, 6.07) is 9.54. The second-order valence-electron chi connectivity index (χ2n) is 7.93. The van der Waals surface area contributed by atoms with Gasteiger partial charge in [0.2, 0.25) is 5.91 Å². The van der Waals surface area contributed by atoms with E-state index in [0.717, 1.165) is 16.8 Å². The van der Waals surface area contributed by atoms with Crippen LogP contribution < -0.4 is 10.9 Å². The van der Waals surface area contributed by atoms with Crippen molar-refractivity contribution in [3.63, 3.8) is 0 Å². The van der Waals surface area contributed by atoms with Gasteiger partial charge < -0.3 is 5.32 Å². The number of aryl methyl sites for hydroxylation is 2. The molecule has 1 aliphatic heterocycles. The smallest absolute Gasteiger partial charge is 0.265 e. The molecule has 1 aromatic carbocycles. The second kappa shape index (κ2) is 8.23. The van der Waals surface area contributed by atoms with Gasteiger partial charge >= 0.3 is 0 Å². The Kier molecular flexibility index (Phi) is 5.26. The van der Waals surface area contributed by atoms with Gasteiger partial charge in [-0.25, -0.2) is 9.67 Å². The van der Waals surface area contributed by atoms with Crippen LogP contribution in [0.25, 0.3) is 16.7 Å². The van der Waals surface area contributed by atoms with Crippen molar-refractivity contribution in [1.29, 1.82) is 0 Å². The maximum absolute atomic E-state index is 13.3. The Balaban J connectivity index is 1.41. The molecule has 0 bridgehead atoms. The topological polar surface area (TPSA) is 94.7 Å². The molecule has 4 aromatic rings. The van der Waals surface area contributed by atoms with E-state index in [-0.39, 0.29) is 23.9 Å². The maximum Gasteiger partial charge on any atom is 0.265 e. The fourth-order valence-corrected chi connectivity index (χ4v) is 4.95. The zero-order valence-corrected chi connectivity index (χ0v) is 18.6. The molecule has 3 aromatic heterocycles. The van der Waals surface area contributed by atoms with Crippen LogP contribution in [0.4, 0.5) is 0 Å². The van der Waals surface area contributed by atoms with Gasteiger partial charge in [0.25, 0.3) is 5.56 Å². The van der Waals surface area contributed by atoms with Crippen LogP contribution in [0.1, 0.15) is 29.2 Å². The van der Waals surface area contributed by atoms with E-state index in [1.807, 2.05) is 37.3 Å². The summed E-state index contributed by atoms with van der Waals surface area (Å²) < 4.78 is 3.35. The summed E-state index contributed by atoms with van der Waals surface area (Å²) in [6.07, 6.45) is 5.18. The average molecular weight is 447 g/mol. The van der Waals surface area contributed by atoms with E-state index < -0.39 is 0 Å². The normalized spacial score (nSPS) is 15.1. The lowest BCUT2D eigenvalue weighted by Gasteiger charge is -2.13. The van der Waals surface area contributed by atoms with Crippen LogP contribution in [0, 0.1) is 13.8 Å². The molecule has 0 radical (unpaired) electrons. The van der Waals surface area contributed by atoms with Gasteiger partial charge in [-0.1, -0.05) is 17.8 Å². The lowest BCUT2D eigenvalue weighted by molar-refractivity contribution is -0.121. The van der Waals surface area contributed by atoms with Crippen LogP contribution in [0.15, 0.2) is 58.9 Å². The van der Waals surface area contributed by atoms with Crippen LogP contribution in [-0.4, -0.2) is 36.0 Å². The average Bonchev–Trinajstić information content (AvgIpc) is 3.40. The minimum Gasteiger partial charge on any atom is -0.352 e. The number of rotatable bonds is 5. The Morgan fingerprint density at radius 2 is 2.00 bits per heavy atom. The van der Waals surface area contributed by atoms with Crippen molar-refractivity contribution < 1.29 is 4.79 Å². The van der Waals surface area contributed by atoms with Crippen molar-refractivity contribution in [2.24, 2.45) is 0 Å². The van der Waals surface area contributed by atoms with E-state index in [0.29, 0.717) is 28.5 Å². The number of amides is 1. The van der Waals surface area contributed by atoms with Crippen LogP contribution >= 0.6 is 11.8 Å². The largest absolute Gasteiger partial charge is 0.352 e. The van der Waals surface area contributed by atoms with Crippen LogP contribution in [0.5, 0.6) is 0 Å². The monoisotopic (exact) mass is 446 g/mol.